The van der Waals surface area contributed by atoms with Gasteiger partial charge in [-0.2, -0.15) is 0 Å². The zero-order valence-electron chi connectivity index (χ0n) is 21.2. The number of carbonyl (C=O) groups is 2. The van der Waals surface area contributed by atoms with E-state index < -0.39 is 6.04 Å². The maximum Gasteiger partial charge on any atom is 0.249 e. The van der Waals surface area contributed by atoms with Crippen molar-refractivity contribution in [3.8, 4) is 22.1 Å². The number of rotatable bonds is 14. The van der Waals surface area contributed by atoms with E-state index in [1.807, 2.05) is 48.5 Å². The largest absolute Gasteiger partial charge is 0.454 e. The van der Waals surface area contributed by atoms with Crippen molar-refractivity contribution >= 4 is 28.3 Å². The summed E-state index contributed by atoms with van der Waals surface area (Å²) >= 11 is 1.26. The molecule has 2 N–H and O–H groups in total. The Kier molecular flexibility index (Phi) is 9.88. The molecule has 196 valence electrons. The predicted octanol–water partition coefficient (Wildman–Crippen LogP) is 5.74. The number of aromatic nitrogens is 2. The Morgan fingerprint density at radius 3 is 2.51 bits per heavy atom. The normalized spacial score (nSPS) is 12.8. The lowest BCUT2D eigenvalue weighted by Gasteiger charge is -2.18. The molecule has 0 fully saturated rings. The topological polar surface area (TPSA) is 102 Å². The van der Waals surface area contributed by atoms with Gasteiger partial charge in [-0.15, -0.1) is 10.2 Å². The molecule has 3 aromatic rings. The van der Waals surface area contributed by atoms with Crippen molar-refractivity contribution in [3.63, 3.8) is 0 Å². The van der Waals surface area contributed by atoms with Gasteiger partial charge in [0, 0.05) is 18.4 Å². The molecule has 1 aliphatic heterocycles. The maximum absolute atomic E-state index is 13.2. The molecule has 8 nitrogen and oxygen atoms in total. The first kappa shape index (κ1) is 26.6. The van der Waals surface area contributed by atoms with E-state index >= 15 is 0 Å². The molecule has 1 aromatic heterocycles. The van der Waals surface area contributed by atoms with Crippen molar-refractivity contribution in [2.75, 3.05) is 12.1 Å². The monoisotopic (exact) mass is 522 g/mol. The summed E-state index contributed by atoms with van der Waals surface area (Å²) in [5, 5.41) is 15.2. The summed E-state index contributed by atoms with van der Waals surface area (Å²) in [6.07, 6.45) is 8.77. The van der Waals surface area contributed by atoms with E-state index in [1.165, 1.54) is 37.0 Å². The molecule has 0 aliphatic carbocycles. The smallest absolute Gasteiger partial charge is 0.249 e. The highest BCUT2D eigenvalue weighted by atomic mass is 32.1. The Morgan fingerprint density at radius 2 is 1.70 bits per heavy atom. The molecule has 2 amide bonds. The van der Waals surface area contributed by atoms with Crippen LogP contribution in [0, 0.1) is 0 Å². The van der Waals surface area contributed by atoms with Crippen LogP contribution in [0.15, 0.2) is 48.5 Å². The first-order valence-corrected chi connectivity index (χ1v) is 13.8. The second kappa shape index (κ2) is 13.7. The molecule has 0 spiro atoms. The van der Waals surface area contributed by atoms with E-state index in [-0.39, 0.29) is 18.6 Å². The van der Waals surface area contributed by atoms with Crippen molar-refractivity contribution in [1.82, 2.24) is 15.5 Å². The Bertz CT molecular complexity index is 1170. The molecular formula is C28H34N4O4S. The number of fused-ring (bicyclic) bond motifs is 1. The van der Waals surface area contributed by atoms with Crippen molar-refractivity contribution in [2.24, 2.45) is 0 Å². The van der Waals surface area contributed by atoms with Gasteiger partial charge in [-0.25, -0.2) is 0 Å². The van der Waals surface area contributed by atoms with Crippen LogP contribution in [0.4, 0.5) is 5.13 Å². The van der Waals surface area contributed by atoms with Crippen LogP contribution in [0.2, 0.25) is 0 Å². The molecule has 0 unspecified atom stereocenters. The number of hydrogen-bond donors (Lipinski definition) is 2. The van der Waals surface area contributed by atoms with E-state index in [9.17, 15) is 9.59 Å². The van der Waals surface area contributed by atoms with Crippen LogP contribution in [0.5, 0.6) is 11.5 Å². The summed E-state index contributed by atoms with van der Waals surface area (Å²) in [6, 6.07) is 14.5. The van der Waals surface area contributed by atoms with E-state index in [2.05, 4.69) is 27.8 Å². The number of carbonyl (C=O) groups excluding carboxylic acids is 2. The van der Waals surface area contributed by atoms with Gasteiger partial charge in [0.05, 0.1) is 0 Å². The molecule has 0 bridgehead atoms. The second-order valence-corrected chi connectivity index (χ2v) is 10.1. The molecule has 37 heavy (non-hydrogen) atoms. The number of anilines is 1. The van der Waals surface area contributed by atoms with E-state index in [0.29, 0.717) is 34.5 Å². The van der Waals surface area contributed by atoms with Gasteiger partial charge in [0.15, 0.2) is 11.5 Å². The third-order valence-corrected chi connectivity index (χ3v) is 7.10. The Morgan fingerprint density at radius 1 is 0.946 bits per heavy atom. The third-order valence-electron chi connectivity index (χ3n) is 6.22. The minimum absolute atomic E-state index is 0.108. The first-order chi connectivity index (χ1) is 18.1. The average Bonchev–Trinajstić information content (AvgIpc) is 3.57. The zero-order chi connectivity index (χ0) is 25.9. The minimum atomic E-state index is -0.711. The van der Waals surface area contributed by atoms with Gasteiger partial charge in [0.25, 0.3) is 0 Å². The lowest BCUT2D eigenvalue weighted by molar-refractivity contribution is -0.126. The summed E-state index contributed by atoms with van der Waals surface area (Å²) in [7, 11) is 0. The van der Waals surface area contributed by atoms with Crippen LogP contribution in [-0.2, 0) is 16.0 Å². The average molecular weight is 523 g/mol. The minimum Gasteiger partial charge on any atom is -0.454 e. The zero-order valence-corrected chi connectivity index (χ0v) is 22.0. The Balaban J connectivity index is 1.34. The molecule has 0 saturated carbocycles. The van der Waals surface area contributed by atoms with Crippen molar-refractivity contribution in [3.05, 3.63) is 54.1 Å². The molecule has 1 aliphatic rings. The van der Waals surface area contributed by atoms with Crippen molar-refractivity contribution in [1.29, 1.82) is 0 Å². The van der Waals surface area contributed by atoms with Gasteiger partial charge in [0.2, 0.25) is 23.7 Å². The molecule has 1 atom stereocenters. The molecular weight excluding hydrogens is 488 g/mol. The summed E-state index contributed by atoms with van der Waals surface area (Å²) in [6.45, 7) is 2.40. The van der Waals surface area contributed by atoms with Crippen LogP contribution in [0.3, 0.4) is 0 Å². The standard InChI is InChI=1S/C28H34N4O4S/c1-2-3-4-5-6-7-11-14-25(33)29-22(17-20-12-9-8-10-13-20)26(34)30-28-32-31-27(37-28)21-15-16-23-24(18-21)36-19-35-23/h8-10,12-13,15-16,18,22H,2-7,11,14,17,19H2,1H3,(H,29,33)(H,30,32,34)/t22-/m0/s1. The highest BCUT2D eigenvalue weighted by Crippen LogP contribution is 2.37. The maximum atomic E-state index is 13.2. The van der Waals surface area contributed by atoms with Crippen molar-refractivity contribution in [2.45, 2.75) is 70.8 Å². The van der Waals surface area contributed by atoms with Crippen LogP contribution in [0.25, 0.3) is 10.6 Å². The summed E-state index contributed by atoms with van der Waals surface area (Å²) in [5.41, 5.74) is 1.79. The lowest BCUT2D eigenvalue weighted by Crippen LogP contribution is -2.45. The number of amides is 2. The quantitative estimate of drug-likeness (QED) is 0.262. The predicted molar refractivity (Wildman–Crippen MR) is 145 cm³/mol. The van der Waals surface area contributed by atoms with E-state index in [4.69, 9.17) is 9.47 Å². The summed E-state index contributed by atoms with van der Waals surface area (Å²) in [4.78, 5) is 25.9. The Labute approximate surface area is 221 Å². The summed E-state index contributed by atoms with van der Waals surface area (Å²) in [5.74, 6) is 0.927. The number of unbranched alkanes of at least 4 members (excludes halogenated alkanes) is 6. The molecule has 4 rings (SSSR count). The fourth-order valence-electron chi connectivity index (χ4n) is 4.18. The van der Waals surface area contributed by atoms with Gasteiger partial charge >= 0.3 is 0 Å². The molecule has 2 heterocycles. The van der Waals surface area contributed by atoms with Crippen LogP contribution >= 0.6 is 11.3 Å². The molecule has 0 saturated heterocycles. The highest BCUT2D eigenvalue weighted by molar-refractivity contribution is 7.18. The number of nitrogens with one attached hydrogen (secondary N) is 2. The molecule has 9 heteroatoms. The number of hydrogen-bond acceptors (Lipinski definition) is 7. The van der Waals surface area contributed by atoms with Crippen molar-refractivity contribution < 1.29 is 19.1 Å². The molecule has 0 radical (unpaired) electrons. The Hall–Kier alpha value is -3.46. The number of ether oxygens (including phenoxy) is 2. The van der Waals surface area contributed by atoms with E-state index in [0.717, 1.165) is 30.4 Å². The number of benzene rings is 2. The van der Waals surface area contributed by atoms with E-state index in [1.54, 1.807) is 0 Å². The van der Waals surface area contributed by atoms with Gasteiger partial charge in [0.1, 0.15) is 11.0 Å². The van der Waals surface area contributed by atoms with Crippen LogP contribution < -0.4 is 20.1 Å². The third kappa shape index (κ3) is 8.01. The fourth-order valence-corrected chi connectivity index (χ4v) is 4.92. The lowest BCUT2D eigenvalue weighted by atomic mass is 10.0. The van der Waals surface area contributed by atoms with Gasteiger partial charge in [-0.3, -0.25) is 14.9 Å². The first-order valence-electron chi connectivity index (χ1n) is 13.0. The summed E-state index contributed by atoms with van der Waals surface area (Å²) < 4.78 is 10.8. The SMILES string of the molecule is CCCCCCCCCC(=O)N[C@@H](Cc1ccccc1)C(=O)Nc1nnc(-c2ccc3c(c2)OCO3)s1. The highest BCUT2D eigenvalue weighted by Gasteiger charge is 2.23. The van der Waals surface area contributed by atoms with Crippen LogP contribution in [-0.4, -0.2) is 34.8 Å². The van der Waals surface area contributed by atoms with Gasteiger partial charge in [-0.1, -0.05) is 87.1 Å². The second-order valence-electron chi connectivity index (χ2n) is 9.15. The van der Waals surface area contributed by atoms with Gasteiger partial charge < -0.3 is 14.8 Å². The van der Waals surface area contributed by atoms with Gasteiger partial charge in [-0.05, 0) is 30.2 Å². The molecule has 2 aromatic carbocycles. The number of nitrogens with zero attached hydrogens (tertiary/aromatic N) is 2. The fraction of sp³-hybridized carbons (Fsp3) is 0.429. The van der Waals surface area contributed by atoms with Crippen LogP contribution in [0.1, 0.15) is 63.9 Å².